The van der Waals surface area contributed by atoms with Gasteiger partial charge >= 0.3 is 5.97 Å². The largest absolute Gasteiger partial charge is 0.478 e. The number of aromatic carboxylic acids is 1. The number of benzene rings is 1. The first-order valence-electron chi connectivity index (χ1n) is 6.02. The molecule has 1 aromatic carbocycles. The van der Waals surface area contributed by atoms with Crippen LogP contribution in [0.4, 0.5) is 16.5 Å². The number of nitrogens with two attached hydrogens (primary N) is 1. The molecule has 19 heavy (non-hydrogen) atoms. The van der Waals surface area contributed by atoms with Crippen molar-refractivity contribution >= 4 is 33.8 Å². The number of nitrogens with zero attached hydrogens (tertiary/aromatic N) is 1. The molecule has 0 aliphatic heterocycles. The van der Waals surface area contributed by atoms with Crippen molar-refractivity contribution in [3.63, 3.8) is 0 Å². The fourth-order valence-electron chi connectivity index (χ4n) is 2.24. The SMILES string of the molecule is Nc1cccc(C(=O)O)c1Nc1nc2c(s1)CCC2. The van der Waals surface area contributed by atoms with Crippen LogP contribution in [0.25, 0.3) is 0 Å². The van der Waals surface area contributed by atoms with Gasteiger partial charge in [0.1, 0.15) is 0 Å². The van der Waals surface area contributed by atoms with Gasteiger partial charge in [0.2, 0.25) is 0 Å². The summed E-state index contributed by atoms with van der Waals surface area (Å²) in [6.45, 7) is 0. The molecule has 0 spiro atoms. The second-order valence-electron chi connectivity index (χ2n) is 4.44. The van der Waals surface area contributed by atoms with Crippen LogP contribution in [-0.2, 0) is 12.8 Å². The Hall–Kier alpha value is -2.08. The number of nitrogen functional groups attached to an aromatic ring is 1. The Labute approximate surface area is 114 Å². The minimum Gasteiger partial charge on any atom is -0.478 e. The van der Waals surface area contributed by atoms with E-state index in [0.717, 1.165) is 25.0 Å². The van der Waals surface area contributed by atoms with Crippen LogP contribution in [0, 0.1) is 0 Å². The normalized spacial score (nSPS) is 13.3. The highest BCUT2D eigenvalue weighted by Gasteiger charge is 2.19. The maximum absolute atomic E-state index is 11.2. The van der Waals surface area contributed by atoms with E-state index in [1.807, 2.05) is 0 Å². The van der Waals surface area contributed by atoms with Crippen LogP contribution in [0.15, 0.2) is 18.2 Å². The molecule has 0 saturated carbocycles. The molecule has 0 fully saturated rings. The van der Waals surface area contributed by atoms with Crippen molar-refractivity contribution in [2.24, 2.45) is 0 Å². The summed E-state index contributed by atoms with van der Waals surface area (Å²) in [6, 6.07) is 4.84. The molecule has 6 heteroatoms. The number of nitrogens with one attached hydrogen (secondary N) is 1. The predicted octanol–water partition coefficient (Wildman–Crippen LogP) is 2.66. The van der Waals surface area contributed by atoms with E-state index >= 15 is 0 Å². The van der Waals surface area contributed by atoms with Crippen molar-refractivity contribution in [1.29, 1.82) is 0 Å². The molecular formula is C13H13N3O2S. The highest BCUT2D eigenvalue weighted by Crippen LogP contribution is 2.34. The molecule has 3 rings (SSSR count). The zero-order valence-corrected chi connectivity index (χ0v) is 11.0. The number of carbonyl (C=O) groups is 1. The average Bonchev–Trinajstić information content (AvgIpc) is 2.92. The zero-order valence-electron chi connectivity index (χ0n) is 10.1. The number of aromatic nitrogens is 1. The van der Waals surface area contributed by atoms with Crippen LogP contribution < -0.4 is 11.1 Å². The molecule has 1 heterocycles. The standard InChI is InChI=1S/C13H13N3O2S/c14-8-4-1-3-7(12(17)18)11(8)16-13-15-9-5-2-6-10(9)19-13/h1,3-4H,2,5-6,14H2,(H,15,16)(H,17,18). The van der Waals surface area contributed by atoms with Crippen LogP contribution in [0.5, 0.6) is 0 Å². The van der Waals surface area contributed by atoms with Gasteiger partial charge < -0.3 is 16.2 Å². The molecule has 1 aromatic heterocycles. The Bertz CT molecular complexity index is 630. The second kappa shape index (κ2) is 4.55. The van der Waals surface area contributed by atoms with Crippen molar-refractivity contribution in [2.45, 2.75) is 19.3 Å². The van der Waals surface area contributed by atoms with E-state index in [1.165, 1.54) is 10.9 Å². The van der Waals surface area contributed by atoms with Crippen molar-refractivity contribution in [2.75, 3.05) is 11.1 Å². The molecule has 0 amide bonds. The number of anilines is 3. The van der Waals surface area contributed by atoms with Crippen LogP contribution in [0.2, 0.25) is 0 Å². The molecule has 0 radical (unpaired) electrons. The third-order valence-corrected chi connectivity index (χ3v) is 4.23. The van der Waals surface area contributed by atoms with Gasteiger partial charge in [-0.05, 0) is 31.4 Å². The summed E-state index contributed by atoms with van der Waals surface area (Å²) < 4.78 is 0. The lowest BCUT2D eigenvalue weighted by Crippen LogP contribution is -2.05. The number of hydrogen-bond acceptors (Lipinski definition) is 5. The lowest BCUT2D eigenvalue weighted by Gasteiger charge is -2.09. The number of carboxylic acid groups (broad SMARTS) is 1. The summed E-state index contributed by atoms with van der Waals surface area (Å²) in [4.78, 5) is 17.0. The first kappa shape index (κ1) is 12.0. The highest BCUT2D eigenvalue weighted by molar-refractivity contribution is 7.15. The topological polar surface area (TPSA) is 88.2 Å². The summed E-state index contributed by atoms with van der Waals surface area (Å²) in [7, 11) is 0. The number of carboxylic acids is 1. The van der Waals surface area contributed by atoms with Gasteiger partial charge in [0.25, 0.3) is 0 Å². The van der Waals surface area contributed by atoms with Crippen LogP contribution in [-0.4, -0.2) is 16.1 Å². The molecule has 5 nitrogen and oxygen atoms in total. The monoisotopic (exact) mass is 275 g/mol. The highest BCUT2D eigenvalue weighted by atomic mass is 32.1. The third kappa shape index (κ3) is 2.15. The Morgan fingerprint density at radius 1 is 1.42 bits per heavy atom. The van der Waals surface area contributed by atoms with E-state index in [2.05, 4.69) is 10.3 Å². The van der Waals surface area contributed by atoms with E-state index in [1.54, 1.807) is 23.5 Å². The van der Waals surface area contributed by atoms with Gasteiger partial charge in [-0.15, -0.1) is 11.3 Å². The summed E-state index contributed by atoms with van der Waals surface area (Å²) in [5, 5.41) is 12.9. The van der Waals surface area contributed by atoms with Gasteiger partial charge in [-0.25, -0.2) is 9.78 Å². The number of fused-ring (bicyclic) bond motifs is 1. The minimum atomic E-state index is -1.00. The quantitative estimate of drug-likeness (QED) is 0.749. The van der Waals surface area contributed by atoms with Crippen LogP contribution >= 0.6 is 11.3 Å². The minimum absolute atomic E-state index is 0.162. The molecule has 0 atom stereocenters. The van der Waals surface area contributed by atoms with Crippen LogP contribution in [0.1, 0.15) is 27.3 Å². The van der Waals surface area contributed by atoms with Gasteiger partial charge in [0.15, 0.2) is 5.13 Å². The fourth-order valence-corrected chi connectivity index (χ4v) is 3.29. The Morgan fingerprint density at radius 3 is 3.00 bits per heavy atom. The molecule has 4 N–H and O–H groups in total. The molecule has 1 aliphatic rings. The van der Waals surface area contributed by atoms with Gasteiger partial charge in [-0.3, -0.25) is 0 Å². The number of thiazole rings is 1. The first-order chi connectivity index (χ1) is 9.15. The molecule has 98 valence electrons. The maximum atomic E-state index is 11.2. The van der Waals surface area contributed by atoms with Gasteiger partial charge in [-0.2, -0.15) is 0 Å². The van der Waals surface area contributed by atoms with E-state index in [0.29, 0.717) is 16.5 Å². The summed E-state index contributed by atoms with van der Waals surface area (Å²) in [5.74, 6) is -1.00. The Balaban J connectivity index is 1.96. The van der Waals surface area contributed by atoms with E-state index in [9.17, 15) is 9.90 Å². The van der Waals surface area contributed by atoms with Crippen molar-refractivity contribution in [3.8, 4) is 0 Å². The summed E-state index contributed by atoms with van der Waals surface area (Å²) in [6.07, 6.45) is 3.22. The molecule has 1 aliphatic carbocycles. The summed E-state index contributed by atoms with van der Waals surface area (Å²) in [5.41, 5.74) is 7.97. The molecule has 0 unspecified atom stereocenters. The molecule has 0 bridgehead atoms. The smallest absolute Gasteiger partial charge is 0.337 e. The molecule has 2 aromatic rings. The molecular weight excluding hydrogens is 262 g/mol. The second-order valence-corrected chi connectivity index (χ2v) is 5.53. The third-order valence-electron chi connectivity index (χ3n) is 3.15. The molecule has 0 saturated heterocycles. The number of aryl methyl sites for hydroxylation is 2. The van der Waals surface area contributed by atoms with Crippen molar-refractivity contribution in [1.82, 2.24) is 4.98 Å². The maximum Gasteiger partial charge on any atom is 0.337 e. The van der Waals surface area contributed by atoms with Gasteiger partial charge in [-0.1, -0.05) is 6.07 Å². The Morgan fingerprint density at radius 2 is 2.26 bits per heavy atom. The number of rotatable bonds is 3. The number of para-hydroxylation sites is 1. The van der Waals surface area contributed by atoms with Gasteiger partial charge in [0.05, 0.1) is 22.6 Å². The lowest BCUT2D eigenvalue weighted by molar-refractivity contribution is 0.0698. The average molecular weight is 275 g/mol. The lowest BCUT2D eigenvalue weighted by atomic mass is 10.1. The van der Waals surface area contributed by atoms with E-state index < -0.39 is 5.97 Å². The van der Waals surface area contributed by atoms with Crippen LogP contribution in [0.3, 0.4) is 0 Å². The van der Waals surface area contributed by atoms with Gasteiger partial charge in [0, 0.05) is 4.88 Å². The van der Waals surface area contributed by atoms with E-state index in [-0.39, 0.29) is 5.56 Å². The Kier molecular flexibility index (Phi) is 2.87. The summed E-state index contributed by atoms with van der Waals surface area (Å²) >= 11 is 1.58. The zero-order chi connectivity index (χ0) is 13.4. The fraction of sp³-hybridized carbons (Fsp3) is 0.231. The van der Waals surface area contributed by atoms with E-state index in [4.69, 9.17) is 5.73 Å². The van der Waals surface area contributed by atoms with Crippen molar-refractivity contribution in [3.05, 3.63) is 34.3 Å². The predicted molar refractivity (Wildman–Crippen MR) is 75.2 cm³/mol. The number of hydrogen-bond donors (Lipinski definition) is 3. The first-order valence-corrected chi connectivity index (χ1v) is 6.84. The van der Waals surface area contributed by atoms with Crippen molar-refractivity contribution < 1.29 is 9.90 Å².